The van der Waals surface area contributed by atoms with Crippen molar-refractivity contribution in [2.75, 3.05) is 19.6 Å². The zero-order valence-electron chi connectivity index (χ0n) is 13.8. The van der Waals surface area contributed by atoms with E-state index in [1.807, 2.05) is 0 Å². The summed E-state index contributed by atoms with van der Waals surface area (Å²) in [4.78, 5) is 2.76. The van der Waals surface area contributed by atoms with Crippen molar-refractivity contribution < 1.29 is 0 Å². The van der Waals surface area contributed by atoms with Crippen LogP contribution in [0.25, 0.3) is 0 Å². The largest absolute Gasteiger partial charge is 0.309 e. The van der Waals surface area contributed by atoms with Gasteiger partial charge in [0.25, 0.3) is 0 Å². The minimum absolute atomic E-state index is 0.521. The highest BCUT2D eigenvalue weighted by molar-refractivity contribution is 5.34. The molecule has 4 atom stereocenters. The first kappa shape index (κ1) is 15.1. The van der Waals surface area contributed by atoms with Crippen LogP contribution in [0, 0.1) is 11.8 Å². The van der Waals surface area contributed by atoms with Crippen molar-refractivity contribution in [3.8, 4) is 0 Å². The topological polar surface area (TPSA) is 15.3 Å². The van der Waals surface area contributed by atoms with Crippen LogP contribution in [-0.4, -0.2) is 30.6 Å². The second-order valence-corrected chi connectivity index (χ2v) is 7.15. The van der Waals surface area contributed by atoms with E-state index in [2.05, 4.69) is 55.3 Å². The normalized spacial score (nSPS) is 33.1. The van der Waals surface area contributed by atoms with Gasteiger partial charge in [0.05, 0.1) is 0 Å². The molecular formula is C19H30N2. The molecule has 2 heteroatoms. The Morgan fingerprint density at radius 1 is 1.14 bits per heavy atom. The van der Waals surface area contributed by atoms with Gasteiger partial charge in [0.15, 0.2) is 0 Å². The van der Waals surface area contributed by atoms with Gasteiger partial charge in [-0.1, -0.05) is 45.0 Å². The third-order valence-electron chi connectivity index (χ3n) is 5.58. The Morgan fingerprint density at radius 2 is 1.86 bits per heavy atom. The summed E-state index contributed by atoms with van der Waals surface area (Å²) in [5, 5.41) is 3.84. The lowest BCUT2D eigenvalue weighted by molar-refractivity contribution is 0.165. The van der Waals surface area contributed by atoms with E-state index < -0.39 is 0 Å². The van der Waals surface area contributed by atoms with Crippen LogP contribution in [0.5, 0.6) is 0 Å². The van der Waals surface area contributed by atoms with Gasteiger partial charge in [0.2, 0.25) is 0 Å². The molecule has 0 aromatic heterocycles. The minimum Gasteiger partial charge on any atom is -0.309 e. The SMILES string of the molecule is CCCNC1c2ccccc2CCC1N1CC(C)C(C)C1. The average Bonchev–Trinajstić information content (AvgIpc) is 2.84. The number of fused-ring (bicyclic) bond motifs is 1. The van der Waals surface area contributed by atoms with Crippen LogP contribution in [0.1, 0.15) is 50.8 Å². The van der Waals surface area contributed by atoms with E-state index in [9.17, 15) is 0 Å². The summed E-state index contributed by atoms with van der Waals surface area (Å²) in [6.07, 6.45) is 3.75. The van der Waals surface area contributed by atoms with Crippen molar-refractivity contribution in [3.05, 3.63) is 35.4 Å². The molecule has 1 aliphatic carbocycles. The monoisotopic (exact) mass is 286 g/mol. The summed E-state index contributed by atoms with van der Waals surface area (Å²) in [5.41, 5.74) is 3.11. The second kappa shape index (κ2) is 6.50. The molecule has 0 amide bonds. The predicted octanol–water partition coefficient (Wildman–Crippen LogP) is 3.63. The van der Waals surface area contributed by atoms with Crippen LogP contribution in [-0.2, 0) is 6.42 Å². The van der Waals surface area contributed by atoms with Gasteiger partial charge in [-0.25, -0.2) is 0 Å². The second-order valence-electron chi connectivity index (χ2n) is 7.15. The summed E-state index contributed by atoms with van der Waals surface area (Å²) >= 11 is 0. The third kappa shape index (κ3) is 3.02. The summed E-state index contributed by atoms with van der Waals surface area (Å²) in [6, 6.07) is 10.3. The Morgan fingerprint density at radius 3 is 2.57 bits per heavy atom. The molecule has 1 saturated heterocycles. The molecule has 2 nitrogen and oxygen atoms in total. The fourth-order valence-electron chi connectivity index (χ4n) is 4.13. The van der Waals surface area contributed by atoms with Crippen LogP contribution in [0.15, 0.2) is 24.3 Å². The molecule has 1 heterocycles. The number of nitrogens with zero attached hydrogens (tertiary/aromatic N) is 1. The summed E-state index contributed by atoms with van der Waals surface area (Å²) in [7, 11) is 0. The number of aryl methyl sites for hydroxylation is 1. The lowest BCUT2D eigenvalue weighted by atomic mass is 9.83. The van der Waals surface area contributed by atoms with Crippen molar-refractivity contribution >= 4 is 0 Å². The maximum Gasteiger partial charge on any atom is 0.0481 e. The molecule has 0 spiro atoms. The van der Waals surface area contributed by atoms with Crippen molar-refractivity contribution in [3.63, 3.8) is 0 Å². The van der Waals surface area contributed by atoms with Gasteiger partial charge in [-0.3, -0.25) is 4.90 Å². The van der Waals surface area contributed by atoms with Gasteiger partial charge in [-0.2, -0.15) is 0 Å². The standard InChI is InChI=1S/C19H30N2/c1-4-11-20-19-17-8-6-5-7-16(17)9-10-18(19)21-12-14(2)15(3)13-21/h5-8,14-15,18-20H,4,9-13H2,1-3H3. The summed E-state index contributed by atoms with van der Waals surface area (Å²) in [6.45, 7) is 10.8. The maximum atomic E-state index is 3.84. The fraction of sp³-hybridized carbons (Fsp3) is 0.684. The van der Waals surface area contributed by atoms with Crippen molar-refractivity contribution in [2.45, 2.75) is 52.1 Å². The number of hydrogen-bond acceptors (Lipinski definition) is 2. The molecule has 21 heavy (non-hydrogen) atoms. The lowest BCUT2D eigenvalue weighted by Crippen LogP contribution is -2.46. The highest BCUT2D eigenvalue weighted by atomic mass is 15.2. The quantitative estimate of drug-likeness (QED) is 0.909. The van der Waals surface area contributed by atoms with Crippen LogP contribution in [0.2, 0.25) is 0 Å². The van der Waals surface area contributed by atoms with Crippen molar-refractivity contribution in [1.82, 2.24) is 10.2 Å². The Labute approximate surface area is 129 Å². The molecule has 4 unspecified atom stereocenters. The van der Waals surface area contributed by atoms with Crippen LogP contribution in [0.4, 0.5) is 0 Å². The first-order chi connectivity index (χ1) is 10.2. The third-order valence-corrected chi connectivity index (χ3v) is 5.58. The highest BCUT2D eigenvalue weighted by Crippen LogP contribution is 2.36. The first-order valence-electron chi connectivity index (χ1n) is 8.76. The van der Waals surface area contributed by atoms with E-state index in [1.165, 1.54) is 32.4 Å². The van der Waals surface area contributed by atoms with Gasteiger partial charge in [0, 0.05) is 25.2 Å². The molecule has 116 valence electrons. The van der Waals surface area contributed by atoms with Crippen LogP contribution in [0.3, 0.4) is 0 Å². The molecule has 0 radical (unpaired) electrons. The van der Waals surface area contributed by atoms with E-state index in [4.69, 9.17) is 0 Å². The number of likely N-dealkylation sites (tertiary alicyclic amines) is 1. The van der Waals surface area contributed by atoms with E-state index in [0.29, 0.717) is 12.1 Å². The summed E-state index contributed by atoms with van der Waals surface area (Å²) < 4.78 is 0. The van der Waals surface area contributed by atoms with Gasteiger partial charge in [0.1, 0.15) is 0 Å². The Bertz CT molecular complexity index is 460. The first-order valence-corrected chi connectivity index (χ1v) is 8.76. The maximum absolute atomic E-state index is 3.84. The number of rotatable bonds is 4. The van der Waals surface area contributed by atoms with Crippen LogP contribution < -0.4 is 5.32 Å². The van der Waals surface area contributed by atoms with E-state index in [-0.39, 0.29) is 0 Å². The molecule has 0 saturated carbocycles. The number of nitrogens with one attached hydrogen (secondary N) is 1. The number of benzene rings is 1. The van der Waals surface area contributed by atoms with Crippen molar-refractivity contribution in [2.24, 2.45) is 11.8 Å². The van der Waals surface area contributed by atoms with Gasteiger partial charge >= 0.3 is 0 Å². The number of hydrogen-bond donors (Lipinski definition) is 1. The molecule has 0 bridgehead atoms. The van der Waals surface area contributed by atoms with E-state index >= 15 is 0 Å². The Hall–Kier alpha value is -0.860. The predicted molar refractivity (Wildman–Crippen MR) is 89.5 cm³/mol. The lowest BCUT2D eigenvalue weighted by Gasteiger charge is -2.40. The van der Waals surface area contributed by atoms with Gasteiger partial charge < -0.3 is 5.32 Å². The summed E-state index contributed by atoms with van der Waals surface area (Å²) in [5.74, 6) is 1.68. The molecule has 1 aromatic carbocycles. The molecule has 1 aromatic rings. The Kier molecular flexibility index (Phi) is 4.66. The Balaban J connectivity index is 1.83. The highest BCUT2D eigenvalue weighted by Gasteiger charge is 2.37. The molecule has 3 rings (SSSR count). The van der Waals surface area contributed by atoms with Gasteiger partial charge in [-0.15, -0.1) is 0 Å². The fourth-order valence-corrected chi connectivity index (χ4v) is 4.13. The zero-order chi connectivity index (χ0) is 14.8. The van der Waals surface area contributed by atoms with E-state index in [1.54, 1.807) is 11.1 Å². The zero-order valence-corrected chi connectivity index (χ0v) is 13.8. The molecule has 2 aliphatic rings. The smallest absolute Gasteiger partial charge is 0.0481 e. The molecule has 1 aliphatic heterocycles. The van der Waals surface area contributed by atoms with Crippen LogP contribution >= 0.6 is 0 Å². The van der Waals surface area contributed by atoms with Gasteiger partial charge in [-0.05, 0) is 48.8 Å². The van der Waals surface area contributed by atoms with E-state index in [0.717, 1.165) is 18.4 Å². The van der Waals surface area contributed by atoms with Crippen molar-refractivity contribution in [1.29, 1.82) is 0 Å². The molecule has 1 N–H and O–H groups in total. The molecular weight excluding hydrogens is 256 g/mol. The average molecular weight is 286 g/mol. The minimum atomic E-state index is 0.521. The molecule has 1 fully saturated rings.